The molecule has 2 aromatic carbocycles. The van der Waals surface area contributed by atoms with Crippen LogP contribution in [0.25, 0.3) is 10.1 Å². The quantitative estimate of drug-likeness (QED) is 0.260. The third-order valence-corrected chi connectivity index (χ3v) is 5.82. The van der Waals surface area contributed by atoms with Crippen molar-refractivity contribution < 1.29 is 14.6 Å². The van der Waals surface area contributed by atoms with Gasteiger partial charge in [-0.2, -0.15) is 0 Å². The number of nitrogens with zero attached hydrogens (tertiary/aromatic N) is 1. The zero-order valence-electron chi connectivity index (χ0n) is 16.1. The summed E-state index contributed by atoms with van der Waals surface area (Å²) in [6.45, 7) is 1.41. The van der Waals surface area contributed by atoms with Crippen molar-refractivity contribution in [1.82, 2.24) is 10.6 Å². The number of halogens is 1. The van der Waals surface area contributed by atoms with Gasteiger partial charge in [0.15, 0.2) is 17.5 Å². The van der Waals surface area contributed by atoms with Gasteiger partial charge < -0.3 is 25.2 Å². The Morgan fingerprint density at radius 1 is 1.14 bits per heavy atom. The minimum atomic E-state index is -0.579. The van der Waals surface area contributed by atoms with E-state index in [2.05, 4.69) is 27.8 Å². The number of nitrogens with one attached hydrogen (secondary N) is 2. The molecule has 2 heterocycles. The van der Waals surface area contributed by atoms with Crippen LogP contribution in [-0.4, -0.2) is 38.0 Å². The monoisotopic (exact) mass is 525 g/mol. The number of fused-ring (bicyclic) bond motifs is 2. The van der Waals surface area contributed by atoms with Gasteiger partial charge in [0.05, 0.1) is 0 Å². The van der Waals surface area contributed by atoms with E-state index >= 15 is 0 Å². The molecule has 0 amide bonds. The number of hydrogen-bond acceptors (Lipinski definition) is 5. The lowest BCUT2D eigenvalue weighted by Crippen LogP contribution is -2.40. The summed E-state index contributed by atoms with van der Waals surface area (Å²) in [6.07, 6.45) is 0.251. The lowest BCUT2D eigenvalue weighted by atomic mass is 10.1. The number of hydrogen-bond donors (Lipinski definition) is 3. The standard InChI is InChI=1S/C21H23N3O3S.HI/c1-22-21(23-9-8-14-6-7-17-18(10-14)27-13-26-17)24-12-16(25)20-11-15-4-2-3-5-19(15)28-20;/h2-7,10-11,16,25H,8-9,12-13H2,1H3,(H2,22,23,24);1H. The SMILES string of the molecule is CN=C(NCCc1ccc2c(c1)OCO2)NCC(O)c1cc2ccccc2s1.I. The van der Waals surface area contributed by atoms with Crippen LogP contribution in [-0.2, 0) is 6.42 Å². The van der Waals surface area contributed by atoms with Gasteiger partial charge in [0.2, 0.25) is 6.79 Å². The summed E-state index contributed by atoms with van der Waals surface area (Å²) in [5, 5.41) is 18.1. The number of aliphatic hydroxyl groups is 1. The molecule has 0 fully saturated rings. The normalized spacial score (nSPS) is 13.8. The van der Waals surface area contributed by atoms with Crippen LogP contribution in [0.3, 0.4) is 0 Å². The third-order valence-electron chi connectivity index (χ3n) is 4.60. The molecule has 1 aliphatic rings. The Bertz CT molecular complexity index is 959. The summed E-state index contributed by atoms with van der Waals surface area (Å²) >= 11 is 1.62. The van der Waals surface area contributed by atoms with E-state index < -0.39 is 6.10 Å². The summed E-state index contributed by atoms with van der Waals surface area (Å²) in [5.74, 6) is 2.26. The summed E-state index contributed by atoms with van der Waals surface area (Å²) < 4.78 is 11.9. The van der Waals surface area contributed by atoms with Crippen LogP contribution in [0.4, 0.5) is 0 Å². The first-order valence-electron chi connectivity index (χ1n) is 9.22. The molecule has 1 atom stereocenters. The lowest BCUT2D eigenvalue weighted by molar-refractivity contribution is 0.174. The van der Waals surface area contributed by atoms with Gasteiger partial charge in [-0.1, -0.05) is 24.3 Å². The Labute approximate surface area is 191 Å². The molecule has 1 unspecified atom stereocenters. The van der Waals surface area contributed by atoms with E-state index in [-0.39, 0.29) is 30.8 Å². The van der Waals surface area contributed by atoms with Gasteiger partial charge in [0, 0.05) is 29.7 Å². The highest BCUT2D eigenvalue weighted by Crippen LogP contribution is 2.32. The van der Waals surface area contributed by atoms with Gasteiger partial charge in [-0.05, 0) is 41.6 Å². The Morgan fingerprint density at radius 2 is 1.97 bits per heavy atom. The fraction of sp³-hybridized carbons (Fsp3) is 0.286. The largest absolute Gasteiger partial charge is 0.454 e. The number of benzene rings is 2. The van der Waals surface area contributed by atoms with E-state index in [0.29, 0.717) is 12.5 Å². The van der Waals surface area contributed by atoms with Crippen LogP contribution in [0, 0.1) is 0 Å². The number of thiophene rings is 1. The van der Waals surface area contributed by atoms with Gasteiger partial charge >= 0.3 is 0 Å². The van der Waals surface area contributed by atoms with Gasteiger partial charge in [0.1, 0.15) is 6.10 Å². The Morgan fingerprint density at radius 3 is 2.79 bits per heavy atom. The zero-order chi connectivity index (χ0) is 19.3. The highest BCUT2D eigenvalue weighted by Gasteiger charge is 2.14. The number of aliphatic imine (C=N–C) groups is 1. The molecule has 3 aromatic rings. The summed E-state index contributed by atoms with van der Waals surface area (Å²) in [4.78, 5) is 5.18. The fourth-order valence-corrected chi connectivity index (χ4v) is 4.15. The van der Waals surface area contributed by atoms with Crippen LogP contribution < -0.4 is 20.1 Å². The van der Waals surface area contributed by atoms with E-state index in [0.717, 1.165) is 40.3 Å². The number of rotatable bonds is 6. The summed E-state index contributed by atoms with van der Waals surface area (Å²) in [6, 6.07) is 16.2. The molecular weight excluding hydrogens is 501 g/mol. The molecule has 0 saturated carbocycles. The zero-order valence-corrected chi connectivity index (χ0v) is 19.2. The second kappa shape index (κ2) is 10.1. The van der Waals surface area contributed by atoms with Crippen LogP contribution in [0.15, 0.2) is 53.5 Å². The second-order valence-corrected chi connectivity index (χ2v) is 7.64. The van der Waals surface area contributed by atoms with Crippen LogP contribution in [0.5, 0.6) is 11.5 Å². The summed E-state index contributed by atoms with van der Waals surface area (Å²) in [5.41, 5.74) is 1.16. The minimum absolute atomic E-state index is 0. The van der Waals surface area contributed by atoms with Gasteiger partial charge in [-0.15, -0.1) is 35.3 Å². The van der Waals surface area contributed by atoms with Crippen molar-refractivity contribution in [3.05, 3.63) is 59.0 Å². The van der Waals surface area contributed by atoms with E-state index in [4.69, 9.17) is 9.47 Å². The van der Waals surface area contributed by atoms with E-state index in [9.17, 15) is 5.11 Å². The van der Waals surface area contributed by atoms with Crippen LogP contribution >= 0.6 is 35.3 Å². The number of ether oxygens (including phenoxy) is 2. The van der Waals surface area contributed by atoms with Crippen molar-refractivity contribution in [3.63, 3.8) is 0 Å². The molecule has 6 nitrogen and oxygen atoms in total. The molecule has 8 heteroatoms. The predicted molar refractivity (Wildman–Crippen MR) is 128 cm³/mol. The molecule has 1 aromatic heterocycles. The Balaban J connectivity index is 0.00000240. The molecule has 0 aliphatic carbocycles. The van der Waals surface area contributed by atoms with Crippen LogP contribution in [0.1, 0.15) is 16.5 Å². The molecule has 0 spiro atoms. The predicted octanol–water partition coefficient (Wildman–Crippen LogP) is 3.69. The van der Waals surface area contributed by atoms with E-state index in [1.54, 1.807) is 18.4 Å². The topological polar surface area (TPSA) is 75.1 Å². The average molecular weight is 525 g/mol. The molecule has 0 bridgehead atoms. The maximum atomic E-state index is 10.5. The molecule has 3 N–H and O–H groups in total. The smallest absolute Gasteiger partial charge is 0.231 e. The number of aliphatic hydroxyl groups excluding tert-OH is 1. The maximum Gasteiger partial charge on any atom is 0.231 e. The molecule has 29 heavy (non-hydrogen) atoms. The Kier molecular flexibility index (Phi) is 7.57. The molecule has 4 rings (SSSR count). The van der Waals surface area contributed by atoms with Gasteiger partial charge in [-0.25, -0.2) is 0 Å². The highest BCUT2D eigenvalue weighted by molar-refractivity contribution is 14.0. The first-order chi connectivity index (χ1) is 13.7. The van der Waals surface area contributed by atoms with Gasteiger partial charge in [0.25, 0.3) is 0 Å². The summed E-state index contributed by atoms with van der Waals surface area (Å²) in [7, 11) is 1.72. The number of guanidine groups is 1. The highest BCUT2D eigenvalue weighted by atomic mass is 127. The average Bonchev–Trinajstić information content (AvgIpc) is 3.36. The van der Waals surface area contributed by atoms with Crippen molar-refractivity contribution in [2.75, 3.05) is 26.9 Å². The van der Waals surface area contributed by atoms with Crippen molar-refractivity contribution in [1.29, 1.82) is 0 Å². The molecule has 0 saturated heterocycles. The minimum Gasteiger partial charge on any atom is -0.454 e. The maximum absolute atomic E-state index is 10.5. The second-order valence-electron chi connectivity index (χ2n) is 6.52. The molecule has 154 valence electrons. The van der Waals surface area contributed by atoms with Gasteiger partial charge in [-0.3, -0.25) is 4.99 Å². The fourth-order valence-electron chi connectivity index (χ4n) is 3.10. The Hall–Kier alpha value is -2.04. The molecular formula is C21H24IN3O3S. The van der Waals surface area contributed by atoms with Crippen molar-refractivity contribution in [3.8, 4) is 11.5 Å². The first-order valence-corrected chi connectivity index (χ1v) is 10.0. The molecule has 0 radical (unpaired) electrons. The third kappa shape index (κ3) is 5.31. The van der Waals surface area contributed by atoms with E-state index in [1.807, 2.05) is 36.4 Å². The first kappa shape index (κ1) is 21.7. The molecule has 1 aliphatic heterocycles. The van der Waals surface area contributed by atoms with Crippen molar-refractivity contribution in [2.45, 2.75) is 12.5 Å². The lowest BCUT2D eigenvalue weighted by Gasteiger charge is -2.14. The van der Waals surface area contributed by atoms with Crippen molar-refractivity contribution >= 4 is 51.4 Å². The van der Waals surface area contributed by atoms with Crippen LogP contribution in [0.2, 0.25) is 0 Å². The van der Waals surface area contributed by atoms with E-state index in [1.165, 1.54) is 4.70 Å². The van der Waals surface area contributed by atoms with Crippen molar-refractivity contribution in [2.24, 2.45) is 4.99 Å².